The highest BCUT2D eigenvalue weighted by molar-refractivity contribution is 7.09. The Hall–Kier alpha value is -1.92. The fourth-order valence-electron chi connectivity index (χ4n) is 4.52. The van der Waals surface area contributed by atoms with Crippen molar-refractivity contribution < 1.29 is 9.53 Å². The van der Waals surface area contributed by atoms with E-state index in [2.05, 4.69) is 27.3 Å². The number of thiazole rings is 1. The van der Waals surface area contributed by atoms with Crippen LogP contribution in [0.5, 0.6) is 5.75 Å². The van der Waals surface area contributed by atoms with Crippen LogP contribution in [-0.2, 0) is 17.8 Å². The molecule has 1 saturated heterocycles. The van der Waals surface area contributed by atoms with E-state index in [1.54, 1.807) is 11.3 Å². The van der Waals surface area contributed by atoms with Crippen molar-refractivity contribution in [3.63, 3.8) is 0 Å². The van der Waals surface area contributed by atoms with Crippen LogP contribution in [0.3, 0.4) is 0 Å². The summed E-state index contributed by atoms with van der Waals surface area (Å²) in [6.07, 6.45) is 7.87. The van der Waals surface area contributed by atoms with Crippen LogP contribution in [0.1, 0.15) is 49.6 Å². The van der Waals surface area contributed by atoms with Gasteiger partial charge in [0.2, 0.25) is 5.91 Å². The Morgan fingerprint density at radius 2 is 2.07 bits per heavy atom. The van der Waals surface area contributed by atoms with E-state index in [-0.39, 0.29) is 17.4 Å². The number of para-hydroxylation sites is 1. The average molecular weight is 414 g/mol. The molecule has 2 aliphatic rings. The standard InChI is InChI=1S/C23H31N3O2S/c1-18-17-28-20-8-3-2-6-19(20)7-4-5-9-23(22(27)25-18)10-13-26(14-11-23)16-21-24-12-15-29-21/h2-3,6,8,12,15,18H,4-5,7,9-11,13-14,16-17H2,1H3,(H,25,27)/t18-/m1/s1. The Balaban J connectivity index is 1.43. The second kappa shape index (κ2) is 9.26. The number of aryl methyl sites for hydroxylation is 1. The zero-order valence-electron chi connectivity index (χ0n) is 17.2. The predicted molar refractivity (Wildman–Crippen MR) is 116 cm³/mol. The molecule has 6 heteroatoms. The Labute approximate surface area is 177 Å². The van der Waals surface area contributed by atoms with Crippen molar-refractivity contribution in [1.29, 1.82) is 0 Å². The van der Waals surface area contributed by atoms with Gasteiger partial charge in [-0.25, -0.2) is 4.98 Å². The number of hydrogen-bond acceptors (Lipinski definition) is 5. The molecule has 0 aliphatic carbocycles. The van der Waals surface area contributed by atoms with E-state index in [9.17, 15) is 4.79 Å². The number of benzene rings is 1. The number of aromatic nitrogens is 1. The zero-order chi connectivity index (χ0) is 20.1. The van der Waals surface area contributed by atoms with E-state index in [1.807, 2.05) is 30.6 Å². The van der Waals surface area contributed by atoms with Crippen LogP contribution in [0, 0.1) is 5.41 Å². The highest BCUT2D eigenvalue weighted by Crippen LogP contribution is 2.38. The van der Waals surface area contributed by atoms with Crippen molar-refractivity contribution in [2.24, 2.45) is 5.41 Å². The Morgan fingerprint density at radius 1 is 1.24 bits per heavy atom. The van der Waals surface area contributed by atoms with Crippen LogP contribution in [0.4, 0.5) is 0 Å². The highest BCUT2D eigenvalue weighted by atomic mass is 32.1. The van der Waals surface area contributed by atoms with E-state index < -0.39 is 0 Å². The first-order valence-electron chi connectivity index (χ1n) is 10.8. The molecule has 2 aromatic rings. The maximum absolute atomic E-state index is 13.3. The topological polar surface area (TPSA) is 54.5 Å². The first-order chi connectivity index (χ1) is 14.1. The SMILES string of the molecule is C[C@@H]1COc2ccccc2CCCCC2(CCN(Cc3nccs3)CC2)C(=O)N1. The molecule has 2 aliphatic heterocycles. The lowest BCUT2D eigenvalue weighted by molar-refractivity contribution is -0.135. The van der Waals surface area contributed by atoms with Gasteiger partial charge >= 0.3 is 0 Å². The molecule has 4 rings (SSSR count). The molecule has 1 spiro atoms. The number of amides is 1. The zero-order valence-corrected chi connectivity index (χ0v) is 18.0. The third kappa shape index (κ3) is 4.98. The van der Waals surface area contributed by atoms with Gasteiger partial charge in [-0.1, -0.05) is 24.6 Å². The van der Waals surface area contributed by atoms with E-state index in [4.69, 9.17) is 4.74 Å². The molecular formula is C23H31N3O2S. The fourth-order valence-corrected chi connectivity index (χ4v) is 5.17. The second-order valence-corrected chi connectivity index (χ2v) is 9.46. The number of nitrogens with one attached hydrogen (secondary N) is 1. The molecule has 5 nitrogen and oxygen atoms in total. The second-order valence-electron chi connectivity index (χ2n) is 8.48. The van der Waals surface area contributed by atoms with Crippen molar-refractivity contribution in [3.8, 4) is 5.75 Å². The van der Waals surface area contributed by atoms with Gasteiger partial charge in [0, 0.05) is 11.6 Å². The van der Waals surface area contributed by atoms with Gasteiger partial charge in [0.25, 0.3) is 0 Å². The summed E-state index contributed by atoms with van der Waals surface area (Å²) in [7, 11) is 0. The Morgan fingerprint density at radius 3 is 2.86 bits per heavy atom. The van der Waals surface area contributed by atoms with E-state index in [1.165, 1.54) is 5.56 Å². The molecule has 0 unspecified atom stereocenters. The van der Waals surface area contributed by atoms with Crippen molar-refractivity contribution in [2.75, 3.05) is 19.7 Å². The van der Waals surface area contributed by atoms with Crippen molar-refractivity contribution >= 4 is 17.2 Å². The van der Waals surface area contributed by atoms with Crippen LogP contribution in [-0.4, -0.2) is 41.5 Å². The number of ether oxygens (including phenoxy) is 1. The number of fused-ring (bicyclic) bond motifs is 1. The number of nitrogens with zero attached hydrogens (tertiary/aromatic N) is 2. The van der Waals surface area contributed by atoms with Crippen LogP contribution >= 0.6 is 11.3 Å². The summed E-state index contributed by atoms with van der Waals surface area (Å²) in [5.41, 5.74) is 1.03. The summed E-state index contributed by atoms with van der Waals surface area (Å²) in [6.45, 7) is 5.37. The maximum atomic E-state index is 13.3. The first kappa shape index (κ1) is 20.4. The molecular weight excluding hydrogens is 382 g/mol. The minimum Gasteiger partial charge on any atom is -0.491 e. The monoisotopic (exact) mass is 413 g/mol. The molecule has 0 saturated carbocycles. The smallest absolute Gasteiger partial charge is 0.226 e. The normalized spacial score (nSPS) is 23.3. The summed E-state index contributed by atoms with van der Waals surface area (Å²) in [4.78, 5) is 20.1. The molecule has 1 N–H and O–H groups in total. The lowest BCUT2D eigenvalue weighted by atomic mass is 9.73. The summed E-state index contributed by atoms with van der Waals surface area (Å²) < 4.78 is 6.04. The van der Waals surface area contributed by atoms with Crippen LogP contribution in [0.2, 0.25) is 0 Å². The molecule has 1 fully saturated rings. The largest absolute Gasteiger partial charge is 0.491 e. The lowest BCUT2D eigenvalue weighted by Crippen LogP contribution is -2.51. The average Bonchev–Trinajstić information content (AvgIpc) is 3.24. The maximum Gasteiger partial charge on any atom is 0.226 e. The quantitative estimate of drug-likeness (QED) is 0.807. The summed E-state index contributed by atoms with van der Waals surface area (Å²) in [5.74, 6) is 1.18. The van der Waals surface area contributed by atoms with E-state index in [0.29, 0.717) is 6.61 Å². The highest BCUT2D eigenvalue weighted by Gasteiger charge is 2.41. The van der Waals surface area contributed by atoms with Crippen molar-refractivity contribution in [3.05, 3.63) is 46.4 Å². The van der Waals surface area contributed by atoms with Gasteiger partial charge in [0.15, 0.2) is 0 Å². The van der Waals surface area contributed by atoms with Gasteiger partial charge in [0.05, 0.1) is 18.0 Å². The number of rotatable bonds is 2. The molecule has 1 atom stereocenters. The van der Waals surface area contributed by atoms with Crippen molar-refractivity contribution in [1.82, 2.24) is 15.2 Å². The summed E-state index contributed by atoms with van der Waals surface area (Å²) >= 11 is 1.71. The fraction of sp³-hybridized carbons (Fsp3) is 0.565. The number of piperidine rings is 1. The molecule has 1 aromatic carbocycles. The number of carbonyl (C=O) groups excluding carboxylic acids is 1. The van der Waals surface area contributed by atoms with Gasteiger partial charge in [0.1, 0.15) is 17.4 Å². The lowest BCUT2D eigenvalue weighted by Gasteiger charge is -2.41. The summed E-state index contributed by atoms with van der Waals surface area (Å²) in [5, 5.41) is 6.45. The predicted octanol–water partition coefficient (Wildman–Crippen LogP) is 4.04. The number of hydrogen-bond donors (Lipinski definition) is 1. The minimum atomic E-state index is -0.244. The minimum absolute atomic E-state index is 0.000191. The molecule has 1 amide bonds. The van der Waals surface area contributed by atoms with Gasteiger partial charge in [-0.2, -0.15) is 0 Å². The third-order valence-corrected chi connectivity index (χ3v) is 7.09. The summed E-state index contributed by atoms with van der Waals surface area (Å²) in [6, 6.07) is 8.30. The Bertz CT molecular complexity index is 800. The number of likely N-dealkylation sites (tertiary alicyclic amines) is 1. The van der Waals surface area contributed by atoms with Crippen LogP contribution in [0.25, 0.3) is 0 Å². The third-order valence-electron chi connectivity index (χ3n) is 6.33. The van der Waals surface area contributed by atoms with E-state index >= 15 is 0 Å². The van der Waals surface area contributed by atoms with Crippen LogP contribution < -0.4 is 10.1 Å². The molecule has 29 heavy (non-hydrogen) atoms. The Kier molecular flexibility index (Phi) is 6.50. The van der Waals surface area contributed by atoms with Gasteiger partial charge in [-0.05, 0) is 63.7 Å². The molecule has 156 valence electrons. The van der Waals surface area contributed by atoms with Crippen molar-refractivity contribution in [2.45, 2.75) is 58.0 Å². The van der Waals surface area contributed by atoms with Crippen LogP contribution in [0.15, 0.2) is 35.8 Å². The molecule has 0 bridgehead atoms. The van der Waals surface area contributed by atoms with E-state index in [0.717, 1.165) is 68.9 Å². The number of carbonyl (C=O) groups is 1. The molecule has 3 heterocycles. The van der Waals surface area contributed by atoms with Gasteiger partial charge < -0.3 is 10.1 Å². The van der Waals surface area contributed by atoms with Gasteiger partial charge in [-0.3, -0.25) is 9.69 Å². The first-order valence-corrected chi connectivity index (χ1v) is 11.6. The molecule has 1 aromatic heterocycles. The molecule has 0 radical (unpaired) electrons. The van der Waals surface area contributed by atoms with Gasteiger partial charge in [-0.15, -0.1) is 11.3 Å².